The van der Waals surface area contributed by atoms with E-state index in [-0.39, 0.29) is 68.8 Å². The van der Waals surface area contributed by atoms with Crippen molar-refractivity contribution in [2.45, 2.75) is 187 Å². The van der Waals surface area contributed by atoms with Crippen molar-refractivity contribution < 1.29 is 142 Å². The van der Waals surface area contributed by atoms with Crippen LogP contribution in [0.15, 0.2) is 29.4 Å². The van der Waals surface area contributed by atoms with E-state index in [9.17, 15) is 109 Å². The van der Waals surface area contributed by atoms with Gasteiger partial charge in [0, 0.05) is 107 Å². The fraction of sp³-hybridized carbons (Fsp3) is 0.730. The first-order valence-electron chi connectivity index (χ1n) is 34.2. The summed E-state index contributed by atoms with van der Waals surface area (Å²) in [6, 6.07) is 7.39. The van der Waals surface area contributed by atoms with E-state index in [1.54, 1.807) is 12.1 Å². The second-order valence-corrected chi connectivity index (χ2v) is 27.0. The van der Waals surface area contributed by atoms with Crippen LogP contribution in [-0.4, -0.2) is 333 Å². The molecule has 0 radical (unpaired) electrons. The van der Waals surface area contributed by atoms with E-state index >= 15 is 0 Å². The third-order valence-electron chi connectivity index (χ3n) is 17.6. The number of oxime groups is 1. The van der Waals surface area contributed by atoms with Gasteiger partial charge in [-0.25, -0.2) is 4.79 Å². The molecular weight excluding hydrogens is 1420 g/mol. The number of benzene rings is 1. The lowest BCUT2D eigenvalue weighted by molar-refractivity contribution is -0.299. The molecule has 0 saturated carbocycles. The van der Waals surface area contributed by atoms with Gasteiger partial charge >= 0.3 is 6.03 Å². The van der Waals surface area contributed by atoms with Crippen molar-refractivity contribution >= 4 is 76.7 Å². The molecular formula is C63H100N12O29S. The fourth-order valence-electron chi connectivity index (χ4n) is 11.2. The number of hydrogen-bond acceptors (Lipinski definition) is 31. The van der Waals surface area contributed by atoms with Crippen LogP contribution in [0.4, 0.5) is 4.79 Å². The normalized spacial score (nSPS) is 28.4. The Hall–Kier alpha value is -7.18. The minimum absolute atomic E-state index is 0.0181. The minimum atomic E-state index is -1.81. The molecule has 1 aromatic carbocycles. The molecule has 5 aliphatic rings. The number of ether oxygens (including phenoxy) is 6. The molecule has 5 aliphatic heterocycles. The van der Waals surface area contributed by atoms with Crippen molar-refractivity contribution in [3.63, 3.8) is 0 Å². The Balaban J connectivity index is 1.02. The van der Waals surface area contributed by atoms with Gasteiger partial charge in [-0.2, -0.15) is 11.8 Å². The van der Waals surface area contributed by atoms with E-state index in [2.05, 4.69) is 63.6 Å². The number of carbonyl (C=O) groups excluding carboxylic acids is 10. The summed E-state index contributed by atoms with van der Waals surface area (Å²) in [7, 11) is 0. The number of hydrogen-bond donors (Lipinski definition) is 23. The van der Waals surface area contributed by atoms with Gasteiger partial charge in [-0.05, 0) is 37.3 Å². The standard InChI is InChI=1S/C63H100N12O29S/c1-32(75-101-26-48(87)68-19-34-9-7-33(8-10-34)18-67-40(79)5-3-2-4-39-49-35(27-105-39)73-62(97)74-49)6-11-41(80)69-28-63(29-70-42(81)12-15-64-45(84)23-98-59-56(94)53(91)50(88)36(20-76)102-59,30-71-43(82)13-16-65-46(85)24-99-60-57(95)54(92)51(89)37(21-77)103-60)31-72-44(83)14-17-66-47(86)25-100-61-58(96)55(93)52(90)38(22-78)104-61/h7-10,35-39,49-61,76-78,88-96H,2-6,11-31H2,1H3,(H,64,84)(H,65,85)(H,66,86)(H,67,79)(H,68,87)(H,69,80)(H,70,81)(H,71,82)(H,72,83)(H2,73,74,97)/b75-32+/t35-,36+,37+,38+,39-,49-,50-,51+,52+,53-,54-,55-,56+,57-,58+,59+,60+,61+,63?/m0/s1. The van der Waals surface area contributed by atoms with E-state index < -0.39 is 236 Å². The Morgan fingerprint density at radius 2 is 0.838 bits per heavy atom. The highest BCUT2D eigenvalue weighted by atomic mass is 32.2. The summed E-state index contributed by atoms with van der Waals surface area (Å²) in [5, 5.41) is 153. The second kappa shape index (κ2) is 44.2. The first-order valence-corrected chi connectivity index (χ1v) is 35.3. The minimum Gasteiger partial charge on any atom is -0.394 e. The van der Waals surface area contributed by atoms with Crippen LogP contribution >= 0.6 is 11.8 Å². The lowest BCUT2D eigenvalue weighted by Crippen LogP contribution is -2.59. The molecule has 42 heteroatoms. The summed E-state index contributed by atoms with van der Waals surface area (Å²) in [4.78, 5) is 135. The molecule has 0 bridgehead atoms. The van der Waals surface area contributed by atoms with E-state index in [0.717, 1.165) is 36.1 Å². The van der Waals surface area contributed by atoms with Gasteiger partial charge in [0.05, 0.1) is 37.6 Å². The summed E-state index contributed by atoms with van der Waals surface area (Å²) < 4.78 is 31.4. The van der Waals surface area contributed by atoms with Crippen LogP contribution in [0.5, 0.6) is 0 Å². The molecule has 5 fully saturated rings. The predicted octanol–water partition coefficient (Wildman–Crippen LogP) is -10.8. The van der Waals surface area contributed by atoms with Gasteiger partial charge < -0.3 is 153 Å². The molecule has 6 rings (SSSR count). The van der Waals surface area contributed by atoms with Crippen molar-refractivity contribution in [1.29, 1.82) is 0 Å². The predicted molar refractivity (Wildman–Crippen MR) is 359 cm³/mol. The second-order valence-electron chi connectivity index (χ2n) is 25.8. The molecule has 105 heavy (non-hydrogen) atoms. The first-order chi connectivity index (χ1) is 50.1. The highest BCUT2D eigenvalue weighted by Gasteiger charge is 2.47. The van der Waals surface area contributed by atoms with Gasteiger partial charge in [0.15, 0.2) is 25.5 Å². The molecule has 23 N–H and O–H groups in total. The average Bonchev–Trinajstić information content (AvgIpc) is 1.52. The average molecular weight is 1520 g/mol. The number of aliphatic hydroxyl groups is 12. The van der Waals surface area contributed by atoms with Crippen molar-refractivity contribution in [2.75, 3.05) is 97.8 Å². The summed E-state index contributed by atoms with van der Waals surface area (Å²) in [5.41, 5.74) is 0.340. The van der Waals surface area contributed by atoms with Gasteiger partial charge in [0.1, 0.15) is 93.1 Å². The van der Waals surface area contributed by atoms with Gasteiger partial charge in [-0.1, -0.05) is 35.8 Å². The van der Waals surface area contributed by atoms with Crippen LogP contribution in [0, 0.1) is 5.41 Å². The maximum Gasteiger partial charge on any atom is 0.315 e. The molecule has 0 aliphatic carbocycles. The summed E-state index contributed by atoms with van der Waals surface area (Å²) >= 11 is 1.83. The van der Waals surface area contributed by atoms with Crippen LogP contribution in [0.3, 0.4) is 0 Å². The number of rotatable bonds is 44. The Kier molecular flexibility index (Phi) is 36.5. The van der Waals surface area contributed by atoms with Crippen molar-refractivity contribution in [2.24, 2.45) is 10.6 Å². The van der Waals surface area contributed by atoms with Gasteiger partial charge in [-0.15, -0.1) is 0 Å². The Morgan fingerprint density at radius 3 is 1.24 bits per heavy atom. The monoisotopic (exact) mass is 1520 g/mol. The zero-order chi connectivity index (χ0) is 76.8. The molecule has 41 nitrogen and oxygen atoms in total. The molecule has 5 saturated heterocycles. The number of fused-ring (bicyclic) bond motifs is 1. The Bertz CT molecular complexity index is 2840. The number of aliphatic hydroxyl groups excluding tert-OH is 12. The number of urea groups is 1. The highest BCUT2D eigenvalue weighted by Crippen LogP contribution is 2.33. The lowest BCUT2D eigenvalue weighted by Gasteiger charge is -2.39. The number of amides is 11. The summed E-state index contributed by atoms with van der Waals surface area (Å²) in [6.45, 7) is -5.85. The van der Waals surface area contributed by atoms with E-state index in [0.29, 0.717) is 18.2 Å². The topological polar surface area (TPSA) is 623 Å². The van der Waals surface area contributed by atoms with Crippen LogP contribution < -0.4 is 58.5 Å². The smallest absolute Gasteiger partial charge is 0.315 e. The number of nitrogens with one attached hydrogen (secondary N) is 11. The van der Waals surface area contributed by atoms with Gasteiger partial charge in [-0.3, -0.25) is 43.2 Å². The molecule has 19 atom stereocenters. The zero-order valence-corrected chi connectivity index (χ0v) is 58.6. The molecule has 592 valence electrons. The Morgan fingerprint density at radius 1 is 0.467 bits per heavy atom. The number of unbranched alkanes of at least 4 members (excludes halogenated alkanes) is 1. The van der Waals surface area contributed by atoms with E-state index in [4.69, 9.17) is 33.3 Å². The molecule has 5 heterocycles. The zero-order valence-electron chi connectivity index (χ0n) is 57.7. The fourth-order valence-corrected chi connectivity index (χ4v) is 12.7. The van der Waals surface area contributed by atoms with Gasteiger partial charge in [0.25, 0.3) is 5.91 Å². The Labute approximate surface area is 606 Å². The number of nitrogens with zero attached hydrogens (tertiary/aromatic N) is 1. The molecule has 0 spiro atoms. The third kappa shape index (κ3) is 28.5. The van der Waals surface area contributed by atoms with Crippen molar-refractivity contribution in [3.05, 3.63) is 35.4 Å². The molecule has 1 aromatic rings. The first kappa shape index (κ1) is 86.7. The van der Waals surface area contributed by atoms with E-state index in [1.165, 1.54) is 6.92 Å². The molecule has 0 aromatic heterocycles. The highest BCUT2D eigenvalue weighted by molar-refractivity contribution is 8.00. The summed E-state index contributed by atoms with van der Waals surface area (Å²) in [5.74, 6) is -5.03. The molecule has 1 unspecified atom stereocenters. The van der Waals surface area contributed by atoms with E-state index in [1.807, 2.05) is 23.9 Å². The maximum atomic E-state index is 13.7. The third-order valence-corrected chi connectivity index (χ3v) is 19.1. The van der Waals surface area contributed by atoms with Crippen LogP contribution in [-0.2, 0) is 89.5 Å². The van der Waals surface area contributed by atoms with Crippen LogP contribution in [0.1, 0.15) is 75.8 Å². The lowest BCUT2D eigenvalue weighted by atomic mass is 9.86. The van der Waals surface area contributed by atoms with Gasteiger partial charge in [0.2, 0.25) is 47.3 Å². The number of thioether (sulfide) groups is 1. The number of carbonyl (C=O) groups is 10. The maximum absolute atomic E-state index is 13.7. The molecule has 11 amide bonds. The van der Waals surface area contributed by atoms with Crippen LogP contribution in [0.25, 0.3) is 0 Å². The quantitative estimate of drug-likeness (QED) is 0.0125. The van der Waals surface area contributed by atoms with Crippen molar-refractivity contribution in [3.8, 4) is 0 Å². The largest absolute Gasteiger partial charge is 0.394 e. The SMILES string of the molecule is C/C(CCC(=O)NCC(CNC(=O)CCNC(=O)CO[C@@H]1O[C@H](CO)[C@@H](O)[C@H](O)[C@@H]1O)(CNC(=O)CCNC(=O)CO[C@@H]1O[C@H](CO)[C@@H](O)[C@H](O)[C@H]1O)CNC(=O)CCNC(=O)CO[C@@H]1O[C@H](CO)[C@H](O)[C@H](O)[C@H]1O)=N\OCC(=O)NCc1ccc(CNC(=O)CCCC[C@@H]2SC[C@@H]3NC(=O)N[C@@H]32)cc1. The summed E-state index contributed by atoms with van der Waals surface area (Å²) in [6.07, 6.45) is -23.4. The van der Waals surface area contributed by atoms with Crippen molar-refractivity contribution in [1.82, 2.24) is 58.5 Å². The van der Waals surface area contributed by atoms with Crippen LogP contribution in [0.2, 0.25) is 0 Å².